The van der Waals surface area contributed by atoms with Gasteiger partial charge in [-0.2, -0.15) is 0 Å². The van der Waals surface area contributed by atoms with Crippen LogP contribution in [0.2, 0.25) is 0 Å². The number of rotatable bonds is 2. The Kier molecular flexibility index (Phi) is 3.61. The minimum Gasteiger partial charge on any atom is -0.472 e. The van der Waals surface area contributed by atoms with Gasteiger partial charge in [0.05, 0.1) is 6.26 Å². The first-order chi connectivity index (χ1) is 9.66. The van der Waals surface area contributed by atoms with Gasteiger partial charge >= 0.3 is 0 Å². The molecule has 0 N–H and O–H groups in total. The van der Waals surface area contributed by atoms with E-state index in [1.165, 1.54) is 17.8 Å². The Morgan fingerprint density at radius 2 is 2.15 bits per heavy atom. The fraction of sp³-hybridized carbons (Fsp3) is 0.467. The normalized spacial score (nSPS) is 23.0. The fourth-order valence-corrected chi connectivity index (χ4v) is 3.62. The Morgan fingerprint density at radius 3 is 2.80 bits per heavy atom. The van der Waals surface area contributed by atoms with Crippen molar-refractivity contribution in [3.05, 3.63) is 29.7 Å². The van der Waals surface area contributed by atoms with Gasteiger partial charge in [0, 0.05) is 23.0 Å². The lowest BCUT2D eigenvalue weighted by atomic mass is 9.97. The number of thiazole rings is 1. The van der Waals surface area contributed by atoms with Crippen molar-refractivity contribution in [2.75, 3.05) is 0 Å². The van der Waals surface area contributed by atoms with E-state index in [-0.39, 0.29) is 5.91 Å². The Balaban J connectivity index is 1.83. The second-order valence-electron chi connectivity index (χ2n) is 5.39. The van der Waals surface area contributed by atoms with Crippen molar-refractivity contribution in [3.8, 4) is 10.6 Å². The zero-order valence-electron chi connectivity index (χ0n) is 11.7. The Labute approximate surface area is 122 Å². The monoisotopic (exact) mass is 290 g/mol. The first-order valence-corrected chi connectivity index (χ1v) is 7.85. The van der Waals surface area contributed by atoms with Gasteiger partial charge < -0.3 is 9.32 Å². The number of hydrogen-bond acceptors (Lipinski definition) is 4. The number of hydrogen-bond donors (Lipinski definition) is 0. The van der Waals surface area contributed by atoms with Gasteiger partial charge in [-0.25, -0.2) is 4.98 Å². The molecule has 3 heterocycles. The molecule has 1 saturated heterocycles. The summed E-state index contributed by atoms with van der Waals surface area (Å²) in [5.74, 6) is 0.0516. The van der Waals surface area contributed by atoms with Crippen LogP contribution in [0.1, 0.15) is 43.6 Å². The molecule has 1 fully saturated rings. The molecule has 20 heavy (non-hydrogen) atoms. The molecule has 5 heteroatoms. The number of carbonyl (C=O) groups is 1. The van der Waals surface area contributed by atoms with Gasteiger partial charge in [-0.15, -0.1) is 11.3 Å². The van der Waals surface area contributed by atoms with E-state index in [1.54, 1.807) is 12.5 Å². The molecular formula is C15H18N2O2S. The van der Waals surface area contributed by atoms with E-state index in [9.17, 15) is 4.79 Å². The second kappa shape index (κ2) is 5.40. The summed E-state index contributed by atoms with van der Waals surface area (Å²) >= 11 is 1.48. The number of carbonyl (C=O) groups excluding carboxylic acids is 1. The van der Waals surface area contributed by atoms with Crippen molar-refractivity contribution in [2.24, 2.45) is 0 Å². The third-order valence-corrected chi connectivity index (χ3v) is 4.81. The predicted octanol–water partition coefficient (Wildman–Crippen LogP) is 3.81. The van der Waals surface area contributed by atoms with Crippen molar-refractivity contribution in [1.29, 1.82) is 0 Å². The van der Waals surface area contributed by atoms with Crippen LogP contribution in [0.5, 0.6) is 0 Å². The molecule has 4 nitrogen and oxygen atoms in total. The van der Waals surface area contributed by atoms with Gasteiger partial charge in [-0.05, 0) is 39.2 Å². The summed E-state index contributed by atoms with van der Waals surface area (Å²) in [6.07, 6.45) is 6.62. The predicted molar refractivity (Wildman–Crippen MR) is 78.8 cm³/mol. The number of likely N-dealkylation sites (tertiary alicyclic amines) is 1. The number of nitrogens with zero attached hydrogens (tertiary/aromatic N) is 2. The first kappa shape index (κ1) is 13.4. The average molecular weight is 290 g/mol. The fourth-order valence-electron chi connectivity index (χ4n) is 2.84. The van der Waals surface area contributed by atoms with E-state index in [0.717, 1.165) is 23.4 Å². The molecule has 0 saturated carbocycles. The van der Waals surface area contributed by atoms with Crippen LogP contribution in [-0.4, -0.2) is 27.9 Å². The zero-order valence-corrected chi connectivity index (χ0v) is 12.5. The van der Waals surface area contributed by atoms with Crippen molar-refractivity contribution >= 4 is 17.2 Å². The maximum atomic E-state index is 12.7. The summed E-state index contributed by atoms with van der Waals surface area (Å²) in [6.45, 7) is 4.24. The number of amides is 1. The molecule has 2 unspecified atom stereocenters. The Hall–Kier alpha value is -1.62. The molecule has 3 rings (SSSR count). The third-order valence-electron chi connectivity index (χ3n) is 3.92. The third kappa shape index (κ3) is 2.38. The van der Waals surface area contributed by atoms with Crippen LogP contribution in [0.15, 0.2) is 28.4 Å². The molecular weight excluding hydrogens is 272 g/mol. The molecule has 0 bridgehead atoms. The molecule has 1 aliphatic heterocycles. The maximum absolute atomic E-state index is 12.7. The lowest BCUT2D eigenvalue weighted by molar-refractivity contribution is 0.0505. The zero-order chi connectivity index (χ0) is 14.1. The van der Waals surface area contributed by atoms with Crippen LogP contribution in [-0.2, 0) is 0 Å². The summed E-state index contributed by atoms with van der Waals surface area (Å²) in [7, 11) is 0. The van der Waals surface area contributed by atoms with Gasteiger partial charge in [0.1, 0.15) is 17.0 Å². The Bertz CT molecular complexity index is 581. The van der Waals surface area contributed by atoms with Crippen molar-refractivity contribution in [1.82, 2.24) is 9.88 Å². The van der Waals surface area contributed by atoms with Crippen LogP contribution in [0.4, 0.5) is 0 Å². The molecule has 2 atom stereocenters. The molecule has 106 valence electrons. The van der Waals surface area contributed by atoms with Gasteiger partial charge in [-0.3, -0.25) is 4.79 Å². The molecule has 0 spiro atoms. The highest BCUT2D eigenvalue weighted by Crippen LogP contribution is 2.28. The van der Waals surface area contributed by atoms with Gasteiger partial charge in [0.25, 0.3) is 5.91 Å². The molecule has 0 aromatic carbocycles. The topological polar surface area (TPSA) is 46.3 Å². The summed E-state index contributed by atoms with van der Waals surface area (Å²) < 4.78 is 5.06. The van der Waals surface area contributed by atoms with Crippen molar-refractivity contribution in [3.63, 3.8) is 0 Å². The smallest absolute Gasteiger partial charge is 0.273 e. The van der Waals surface area contributed by atoms with Crippen LogP contribution in [0, 0.1) is 0 Å². The van der Waals surface area contributed by atoms with Crippen LogP contribution >= 0.6 is 11.3 Å². The highest BCUT2D eigenvalue weighted by Gasteiger charge is 2.30. The lowest BCUT2D eigenvalue weighted by Gasteiger charge is -2.38. The molecule has 1 amide bonds. The number of piperidine rings is 1. The SMILES string of the molecule is CC1CCCC(C)N1C(=O)c1csc(-c2ccoc2)n1. The minimum absolute atomic E-state index is 0.0516. The van der Waals surface area contributed by atoms with E-state index in [1.807, 2.05) is 16.3 Å². The van der Waals surface area contributed by atoms with Crippen LogP contribution < -0.4 is 0 Å². The first-order valence-electron chi connectivity index (χ1n) is 6.97. The summed E-state index contributed by atoms with van der Waals surface area (Å²) in [5.41, 5.74) is 1.47. The van der Waals surface area contributed by atoms with E-state index < -0.39 is 0 Å². The molecule has 0 radical (unpaired) electrons. The van der Waals surface area contributed by atoms with E-state index in [4.69, 9.17) is 4.42 Å². The second-order valence-corrected chi connectivity index (χ2v) is 6.25. The molecule has 1 aliphatic rings. The molecule has 2 aromatic rings. The van der Waals surface area contributed by atoms with Crippen molar-refractivity contribution in [2.45, 2.75) is 45.2 Å². The van der Waals surface area contributed by atoms with E-state index >= 15 is 0 Å². The van der Waals surface area contributed by atoms with Gasteiger partial charge in [0.15, 0.2) is 0 Å². The lowest BCUT2D eigenvalue weighted by Crippen LogP contribution is -2.47. The average Bonchev–Trinajstić information content (AvgIpc) is 3.09. The summed E-state index contributed by atoms with van der Waals surface area (Å²) in [5, 5.41) is 2.68. The summed E-state index contributed by atoms with van der Waals surface area (Å²) in [4.78, 5) is 19.1. The quantitative estimate of drug-likeness (QED) is 0.845. The van der Waals surface area contributed by atoms with Gasteiger partial charge in [-0.1, -0.05) is 0 Å². The highest BCUT2D eigenvalue weighted by atomic mass is 32.1. The summed E-state index contributed by atoms with van der Waals surface area (Å²) in [6, 6.07) is 2.45. The molecule has 2 aromatic heterocycles. The standard InChI is InChI=1S/C15H18N2O2S/c1-10-4-3-5-11(2)17(10)15(18)13-9-20-14(16-13)12-6-7-19-8-12/h6-11H,3-5H2,1-2H3. The van der Waals surface area contributed by atoms with Crippen LogP contribution in [0.3, 0.4) is 0 Å². The van der Waals surface area contributed by atoms with Crippen LogP contribution in [0.25, 0.3) is 10.6 Å². The van der Waals surface area contributed by atoms with E-state index in [0.29, 0.717) is 17.8 Å². The van der Waals surface area contributed by atoms with Crippen molar-refractivity contribution < 1.29 is 9.21 Å². The highest BCUT2D eigenvalue weighted by molar-refractivity contribution is 7.13. The minimum atomic E-state index is 0.0516. The van der Waals surface area contributed by atoms with E-state index in [2.05, 4.69) is 18.8 Å². The number of furan rings is 1. The molecule has 0 aliphatic carbocycles. The Morgan fingerprint density at radius 1 is 1.40 bits per heavy atom. The maximum Gasteiger partial charge on any atom is 0.273 e. The van der Waals surface area contributed by atoms with Gasteiger partial charge in [0.2, 0.25) is 0 Å². The number of aromatic nitrogens is 1. The largest absolute Gasteiger partial charge is 0.472 e.